The number of carbonyl (C=O) groups is 3. The minimum atomic E-state index is -0.911. The summed E-state index contributed by atoms with van der Waals surface area (Å²) < 4.78 is 10.3. The molecule has 0 bridgehead atoms. The largest absolute Gasteiger partial charge is 0.453 e. The molecule has 2 amide bonds. The molecule has 0 saturated carbocycles. The van der Waals surface area contributed by atoms with Crippen molar-refractivity contribution in [3.63, 3.8) is 0 Å². The molecule has 0 unspecified atom stereocenters. The summed E-state index contributed by atoms with van der Waals surface area (Å²) in [6.07, 6.45) is -0.000541. The second-order valence-corrected chi connectivity index (χ2v) is 8.05. The second kappa shape index (κ2) is 11.4. The normalized spacial score (nSPS) is 13.2. The van der Waals surface area contributed by atoms with Crippen molar-refractivity contribution in [2.75, 3.05) is 11.9 Å². The number of para-hydroxylation sites is 1. The maximum Gasteiger partial charge on any atom is 0.407 e. The molecule has 7 nitrogen and oxygen atoms in total. The van der Waals surface area contributed by atoms with Gasteiger partial charge in [0.25, 0.3) is 5.91 Å². The van der Waals surface area contributed by atoms with Gasteiger partial charge in [-0.25, -0.2) is 4.79 Å². The third-order valence-corrected chi connectivity index (χ3v) is 4.27. The van der Waals surface area contributed by atoms with E-state index in [1.807, 2.05) is 24.3 Å². The van der Waals surface area contributed by atoms with Crippen LogP contribution in [-0.4, -0.2) is 36.2 Å². The Labute approximate surface area is 173 Å². The SMILES string of the molecule is CC[C@H](C)c1ccccc1NC(=O)[C@@H](C)OC(=O)CCCNC(=O)OC(C)(C)C. The zero-order chi connectivity index (χ0) is 22.0. The summed E-state index contributed by atoms with van der Waals surface area (Å²) in [5, 5.41) is 5.42. The van der Waals surface area contributed by atoms with E-state index >= 15 is 0 Å². The molecule has 1 rings (SSSR count). The van der Waals surface area contributed by atoms with Crippen LogP contribution in [0.5, 0.6) is 0 Å². The Morgan fingerprint density at radius 3 is 2.38 bits per heavy atom. The van der Waals surface area contributed by atoms with Gasteiger partial charge in [0.15, 0.2) is 6.10 Å². The lowest BCUT2D eigenvalue weighted by atomic mass is 9.97. The van der Waals surface area contributed by atoms with Gasteiger partial charge >= 0.3 is 12.1 Å². The Hall–Kier alpha value is -2.57. The number of esters is 1. The lowest BCUT2D eigenvalue weighted by Crippen LogP contribution is -2.33. The van der Waals surface area contributed by atoms with Gasteiger partial charge in [-0.2, -0.15) is 0 Å². The van der Waals surface area contributed by atoms with E-state index in [1.54, 1.807) is 20.8 Å². The van der Waals surface area contributed by atoms with E-state index in [2.05, 4.69) is 24.5 Å². The van der Waals surface area contributed by atoms with Crippen molar-refractivity contribution in [1.82, 2.24) is 5.32 Å². The fourth-order valence-corrected chi connectivity index (χ4v) is 2.54. The minimum absolute atomic E-state index is 0.0941. The number of hydrogen-bond acceptors (Lipinski definition) is 5. The van der Waals surface area contributed by atoms with Gasteiger partial charge in [0.2, 0.25) is 0 Å². The lowest BCUT2D eigenvalue weighted by molar-refractivity contribution is -0.153. The molecule has 0 spiro atoms. The van der Waals surface area contributed by atoms with E-state index in [-0.39, 0.29) is 18.9 Å². The first-order valence-corrected chi connectivity index (χ1v) is 10.1. The summed E-state index contributed by atoms with van der Waals surface area (Å²) in [4.78, 5) is 35.9. The van der Waals surface area contributed by atoms with Crippen molar-refractivity contribution >= 4 is 23.7 Å². The number of benzene rings is 1. The molecule has 1 aromatic carbocycles. The topological polar surface area (TPSA) is 93.7 Å². The van der Waals surface area contributed by atoms with Crippen LogP contribution in [0.2, 0.25) is 0 Å². The zero-order valence-corrected chi connectivity index (χ0v) is 18.3. The van der Waals surface area contributed by atoms with Crippen LogP contribution in [0.3, 0.4) is 0 Å². The van der Waals surface area contributed by atoms with E-state index in [1.165, 1.54) is 6.92 Å². The molecule has 0 aliphatic rings. The molecule has 0 aliphatic carbocycles. The van der Waals surface area contributed by atoms with Crippen LogP contribution in [0, 0.1) is 0 Å². The first-order chi connectivity index (χ1) is 13.5. The van der Waals surface area contributed by atoms with E-state index < -0.39 is 23.8 Å². The Morgan fingerprint density at radius 2 is 1.76 bits per heavy atom. The van der Waals surface area contributed by atoms with Crippen molar-refractivity contribution in [2.24, 2.45) is 0 Å². The van der Waals surface area contributed by atoms with E-state index in [4.69, 9.17) is 9.47 Å². The number of anilines is 1. The molecule has 7 heteroatoms. The van der Waals surface area contributed by atoms with Crippen molar-refractivity contribution in [2.45, 2.75) is 78.4 Å². The zero-order valence-electron chi connectivity index (χ0n) is 18.3. The third-order valence-electron chi connectivity index (χ3n) is 4.27. The van der Waals surface area contributed by atoms with Gasteiger partial charge in [-0.15, -0.1) is 0 Å². The quantitative estimate of drug-likeness (QED) is 0.469. The van der Waals surface area contributed by atoms with Gasteiger partial charge in [0.1, 0.15) is 5.60 Å². The fourth-order valence-electron chi connectivity index (χ4n) is 2.54. The summed E-state index contributed by atoms with van der Waals surface area (Å²) in [5.74, 6) is -0.559. The molecule has 1 aromatic rings. The predicted octanol–water partition coefficient (Wildman–Crippen LogP) is 4.38. The molecule has 0 aliphatic heterocycles. The van der Waals surface area contributed by atoms with Crippen LogP contribution in [0.15, 0.2) is 24.3 Å². The third kappa shape index (κ3) is 9.45. The molecule has 2 atom stereocenters. The predicted molar refractivity (Wildman–Crippen MR) is 113 cm³/mol. The van der Waals surface area contributed by atoms with Gasteiger partial charge in [0.05, 0.1) is 0 Å². The lowest BCUT2D eigenvalue weighted by Gasteiger charge is -2.19. The molecule has 162 valence electrons. The number of rotatable bonds is 9. The molecule has 0 heterocycles. The summed E-state index contributed by atoms with van der Waals surface area (Å²) in [6.45, 7) is 11.3. The average Bonchev–Trinajstić information content (AvgIpc) is 2.63. The van der Waals surface area contributed by atoms with Crippen LogP contribution < -0.4 is 10.6 Å². The fraction of sp³-hybridized carbons (Fsp3) is 0.591. The van der Waals surface area contributed by atoms with Crippen molar-refractivity contribution in [3.8, 4) is 0 Å². The van der Waals surface area contributed by atoms with E-state index in [9.17, 15) is 14.4 Å². The van der Waals surface area contributed by atoms with Crippen LogP contribution >= 0.6 is 0 Å². The summed E-state index contributed by atoms with van der Waals surface area (Å²) in [5.41, 5.74) is 1.21. The standard InChI is InChI=1S/C22H34N2O5/c1-7-15(2)17-11-8-9-12-18(17)24-20(26)16(3)28-19(25)13-10-14-23-21(27)29-22(4,5)6/h8-9,11-12,15-16H,7,10,13-14H2,1-6H3,(H,23,27)(H,24,26)/t15-,16+/m0/s1. The van der Waals surface area contributed by atoms with Gasteiger partial charge in [-0.3, -0.25) is 9.59 Å². The smallest absolute Gasteiger partial charge is 0.407 e. The highest BCUT2D eigenvalue weighted by Crippen LogP contribution is 2.26. The highest BCUT2D eigenvalue weighted by molar-refractivity contribution is 5.95. The molecular formula is C22H34N2O5. The molecular weight excluding hydrogens is 372 g/mol. The summed E-state index contributed by atoms with van der Waals surface area (Å²) in [7, 11) is 0. The first kappa shape index (κ1) is 24.5. The van der Waals surface area contributed by atoms with Crippen LogP contribution in [0.1, 0.15) is 72.3 Å². The first-order valence-electron chi connectivity index (χ1n) is 10.1. The van der Waals surface area contributed by atoms with Gasteiger partial charge in [0, 0.05) is 18.7 Å². The summed E-state index contributed by atoms with van der Waals surface area (Å²) in [6, 6.07) is 7.62. The molecule has 0 saturated heterocycles. The molecule has 2 N–H and O–H groups in total. The number of nitrogens with one attached hydrogen (secondary N) is 2. The van der Waals surface area contributed by atoms with E-state index in [0.29, 0.717) is 12.3 Å². The van der Waals surface area contributed by atoms with E-state index in [0.717, 1.165) is 17.7 Å². The van der Waals surface area contributed by atoms with Crippen molar-refractivity contribution < 1.29 is 23.9 Å². The Bertz CT molecular complexity index is 697. The van der Waals surface area contributed by atoms with Gasteiger partial charge < -0.3 is 20.1 Å². The number of ether oxygens (including phenoxy) is 2. The van der Waals surface area contributed by atoms with Crippen LogP contribution in [0.25, 0.3) is 0 Å². The molecule has 29 heavy (non-hydrogen) atoms. The van der Waals surface area contributed by atoms with Gasteiger partial charge in [-0.05, 0) is 58.1 Å². The molecule has 0 fully saturated rings. The number of carbonyl (C=O) groups excluding carboxylic acids is 3. The monoisotopic (exact) mass is 406 g/mol. The minimum Gasteiger partial charge on any atom is -0.453 e. The Balaban J connectivity index is 2.42. The second-order valence-electron chi connectivity index (χ2n) is 8.05. The van der Waals surface area contributed by atoms with Gasteiger partial charge in [-0.1, -0.05) is 32.0 Å². The molecule has 0 radical (unpaired) electrons. The summed E-state index contributed by atoms with van der Waals surface area (Å²) >= 11 is 0. The number of alkyl carbamates (subject to hydrolysis) is 1. The number of amides is 2. The Morgan fingerprint density at radius 1 is 1.10 bits per heavy atom. The van der Waals surface area contributed by atoms with Crippen molar-refractivity contribution in [3.05, 3.63) is 29.8 Å². The van der Waals surface area contributed by atoms with Crippen LogP contribution in [0.4, 0.5) is 10.5 Å². The highest BCUT2D eigenvalue weighted by atomic mass is 16.6. The maximum absolute atomic E-state index is 12.4. The maximum atomic E-state index is 12.4. The Kier molecular flexibility index (Phi) is 9.65. The highest BCUT2D eigenvalue weighted by Gasteiger charge is 2.20. The van der Waals surface area contributed by atoms with Crippen LogP contribution in [-0.2, 0) is 19.1 Å². The van der Waals surface area contributed by atoms with Crippen molar-refractivity contribution in [1.29, 1.82) is 0 Å². The number of hydrogen-bond donors (Lipinski definition) is 2. The average molecular weight is 407 g/mol. The molecule has 0 aromatic heterocycles.